The van der Waals surface area contributed by atoms with Crippen molar-refractivity contribution in [1.29, 1.82) is 0 Å². The lowest BCUT2D eigenvalue weighted by atomic mass is 10.0. The first kappa shape index (κ1) is 27.0. The van der Waals surface area contributed by atoms with Crippen molar-refractivity contribution in [2.24, 2.45) is 0 Å². The number of allylic oxidation sites excluding steroid dienone is 1. The second kappa shape index (κ2) is 14.1. The van der Waals surface area contributed by atoms with E-state index < -0.39 is 11.7 Å². The summed E-state index contributed by atoms with van der Waals surface area (Å²) in [6.45, 7) is 9.51. The fraction of sp³-hybridized carbons (Fsp3) is 0.500. The van der Waals surface area contributed by atoms with Gasteiger partial charge in [-0.25, -0.2) is 0 Å². The summed E-state index contributed by atoms with van der Waals surface area (Å²) in [6, 6.07) is 14.4. The second-order valence-electron chi connectivity index (χ2n) is 8.72. The molecule has 0 aliphatic carbocycles. The van der Waals surface area contributed by atoms with E-state index in [9.17, 15) is 13.2 Å². The number of benzene rings is 2. The summed E-state index contributed by atoms with van der Waals surface area (Å²) in [4.78, 5) is 2.42. The van der Waals surface area contributed by atoms with Crippen LogP contribution in [0.4, 0.5) is 13.2 Å². The van der Waals surface area contributed by atoms with Gasteiger partial charge in [0.25, 0.3) is 0 Å². The Balaban J connectivity index is 0.000000238. The number of rotatable bonds is 10. The van der Waals surface area contributed by atoms with Crippen LogP contribution in [-0.2, 0) is 25.4 Å². The van der Waals surface area contributed by atoms with Crippen LogP contribution in [0.1, 0.15) is 61.3 Å². The molecule has 0 amide bonds. The summed E-state index contributed by atoms with van der Waals surface area (Å²) in [7, 11) is 1.93. The standard InChI is InChI=1S/C14H18F3N.C14H21N/c15-14(16,17)13-7-5-12(6-8-13)4-3-11-18-9-1-2-10-18;1-4-13-8-10-14(11-9-13)7-5-6-12(2)15-3/h5-8H,1-4,9-11H2;8-11,15H,2,4-7H2,1,3H3. The van der Waals surface area contributed by atoms with Gasteiger partial charge in [-0.2, -0.15) is 13.2 Å². The quantitative estimate of drug-likeness (QED) is 0.409. The van der Waals surface area contributed by atoms with Crippen LogP contribution < -0.4 is 5.32 Å². The van der Waals surface area contributed by atoms with Crippen molar-refractivity contribution in [3.63, 3.8) is 0 Å². The zero-order chi connectivity index (χ0) is 24.1. The number of likely N-dealkylation sites (tertiary alicyclic amines) is 1. The molecule has 2 aromatic rings. The largest absolute Gasteiger partial charge is 0.416 e. The van der Waals surface area contributed by atoms with Gasteiger partial charge >= 0.3 is 6.18 Å². The number of alkyl halides is 3. The van der Waals surface area contributed by atoms with Gasteiger partial charge in [0, 0.05) is 12.7 Å². The lowest BCUT2D eigenvalue weighted by molar-refractivity contribution is -0.137. The van der Waals surface area contributed by atoms with Gasteiger partial charge in [-0.15, -0.1) is 0 Å². The third kappa shape index (κ3) is 10.5. The molecule has 0 aromatic heterocycles. The van der Waals surface area contributed by atoms with Gasteiger partial charge in [-0.1, -0.05) is 49.9 Å². The van der Waals surface area contributed by atoms with Crippen LogP contribution in [0.25, 0.3) is 0 Å². The van der Waals surface area contributed by atoms with E-state index in [0.717, 1.165) is 49.9 Å². The van der Waals surface area contributed by atoms with Crippen LogP contribution >= 0.6 is 0 Å². The minimum absolute atomic E-state index is 0.564. The Labute approximate surface area is 197 Å². The molecule has 1 aliphatic rings. The van der Waals surface area contributed by atoms with E-state index in [1.54, 1.807) is 12.1 Å². The number of hydrogen-bond donors (Lipinski definition) is 1. The molecule has 1 aliphatic heterocycles. The summed E-state index contributed by atoms with van der Waals surface area (Å²) in [5.74, 6) is 0. The Kier molecular flexibility index (Phi) is 11.5. The molecule has 1 N–H and O–H groups in total. The number of aryl methyl sites for hydroxylation is 3. The van der Waals surface area contributed by atoms with E-state index in [1.165, 1.54) is 55.6 Å². The Morgan fingerprint density at radius 1 is 0.879 bits per heavy atom. The first-order chi connectivity index (χ1) is 15.8. The van der Waals surface area contributed by atoms with Crippen molar-refractivity contribution >= 4 is 0 Å². The number of hydrogen-bond acceptors (Lipinski definition) is 2. The van der Waals surface area contributed by atoms with Crippen LogP contribution in [-0.4, -0.2) is 31.6 Å². The molecule has 1 saturated heterocycles. The molecule has 2 aromatic carbocycles. The monoisotopic (exact) mass is 460 g/mol. The number of nitrogens with zero attached hydrogens (tertiary/aromatic N) is 1. The van der Waals surface area contributed by atoms with Crippen LogP contribution in [0.3, 0.4) is 0 Å². The number of halogens is 3. The van der Waals surface area contributed by atoms with Gasteiger partial charge in [0.05, 0.1) is 5.56 Å². The highest BCUT2D eigenvalue weighted by Gasteiger charge is 2.29. The van der Waals surface area contributed by atoms with Crippen LogP contribution in [0, 0.1) is 0 Å². The summed E-state index contributed by atoms with van der Waals surface area (Å²) in [6.07, 6.45) is 4.70. The van der Waals surface area contributed by atoms with Crippen molar-refractivity contribution in [2.75, 3.05) is 26.7 Å². The van der Waals surface area contributed by atoms with Crippen molar-refractivity contribution < 1.29 is 13.2 Å². The van der Waals surface area contributed by atoms with Crippen molar-refractivity contribution in [3.8, 4) is 0 Å². The van der Waals surface area contributed by atoms with E-state index in [0.29, 0.717) is 0 Å². The maximum atomic E-state index is 12.4. The van der Waals surface area contributed by atoms with Gasteiger partial charge in [0.15, 0.2) is 0 Å². The molecular formula is C28H39F3N2. The van der Waals surface area contributed by atoms with Crippen LogP contribution in [0.2, 0.25) is 0 Å². The molecule has 1 fully saturated rings. The van der Waals surface area contributed by atoms with E-state index in [1.807, 2.05) is 7.05 Å². The Morgan fingerprint density at radius 2 is 1.39 bits per heavy atom. The third-order valence-corrected chi connectivity index (χ3v) is 6.15. The summed E-state index contributed by atoms with van der Waals surface area (Å²) >= 11 is 0. The molecule has 0 radical (unpaired) electrons. The maximum absolute atomic E-state index is 12.4. The number of nitrogens with one attached hydrogen (secondary N) is 1. The molecule has 0 bridgehead atoms. The summed E-state index contributed by atoms with van der Waals surface area (Å²) in [5, 5.41) is 3.07. The van der Waals surface area contributed by atoms with E-state index >= 15 is 0 Å². The molecule has 0 unspecified atom stereocenters. The Bertz CT molecular complexity index is 805. The molecule has 33 heavy (non-hydrogen) atoms. The average Bonchev–Trinajstić information content (AvgIpc) is 3.33. The van der Waals surface area contributed by atoms with Gasteiger partial charge < -0.3 is 10.2 Å². The Morgan fingerprint density at radius 3 is 1.91 bits per heavy atom. The zero-order valence-electron chi connectivity index (χ0n) is 20.2. The lowest BCUT2D eigenvalue weighted by Crippen LogP contribution is -2.20. The molecule has 3 rings (SSSR count). The first-order valence-corrected chi connectivity index (χ1v) is 12.1. The molecular weight excluding hydrogens is 421 g/mol. The molecule has 0 spiro atoms. The van der Waals surface area contributed by atoms with Gasteiger partial charge in [0.2, 0.25) is 0 Å². The first-order valence-electron chi connectivity index (χ1n) is 12.1. The highest BCUT2D eigenvalue weighted by Crippen LogP contribution is 2.29. The minimum Gasteiger partial charge on any atom is -0.392 e. The summed E-state index contributed by atoms with van der Waals surface area (Å²) in [5.41, 5.74) is 4.39. The maximum Gasteiger partial charge on any atom is 0.416 e. The third-order valence-electron chi connectivity index (χ3n) is 6.15. The highest BCUT2D eigenvalue weighted by atomic mass is 19.4. The fourth-order valence-corrected chi connectivity index (χ4v) is 3.95. The molecule has 0 atom stereocenters. The van der Waals surface area contributed by atoms with Crippen molar-refractivity contribution in [3.05, 3.63) is 83.1 Å². The van der Waals surface area contributed by atoms with E-state index in [-0.39, 0.29) is 0 Å². The fourth-order valence-electron chi connectivity index (χ4n) is 3.95. The predicted octanol–water partition coefficient (Wildman–Crippen LogP) is 7.04. The zero-order valence-corrected chi connectivity index (χ0v) is 20.2. The molecule has 2 nitrogen and oxygen atoms in total. The van der Waals surface area contributed by atoms with Crippen LogP contribution in [0.5, 0.6) is 0 Å². The molecule has 1 heterocycles. The predicted molar refractivity (Wildman–Crippen MR) is 132 cm³/mol. The molecule has 5 heteroatoms. The smallest absolute Gasteiger partial charge is 0.392 e. The van der Waals surface area contributed by atoms with E-state index in [2.05, 4.69) is 48.0 Å². The SMILES string of the molecule is C=C(CCCc1ccc(CC)cc1)NC.FC(F)(F)c1ccc(CCCN2CCCC2)cc1. The second-order valence-corrected chi connectivity index (χ2v) is 8.72. The minimum atomic E-state index is -4.23. The topological polar surface area (TPSA) is 15.3 Å². The summed E-state index contributed by atoms with van der Waals surface area (Å²) < 4.78 is 37.1. The van der Waals surface area contributed by atoms with Crippen molar-refractivity contribution in [2.45, 2.75) is 64.5 Å². The normalized spacial score (nSPS) is 14.0. The molecule has 182 valence electrons. The van der Waals surface area contributed by atoms with Gasteiger partial charge in [-0.3, -0.25) is 0 Å². The van der Waals surface area contributed by atoms with Gasteiger partial charge in [0.1, 0.15) is 0 Å². The lowest BCUT2D eigenvalue weighted by Gasteiger charge is -2.14. The molecule has 0 saturated carbocycles. The van der Waals surface area contributed by atoms with E-state index in [4.69, 9.17) is 0 Å². The van der Waals surface area contributed by atoms with Gasteiger partial charge in [-0.05, 0) is 99.8 Å². The van der Waals surface area contributed by atoms with Crippen LogP contribution in [0.15, 0.2) is 60.8 Å². The Hall–Kier alpha value is -2.27. The van der Waals surface area contributed by atoms with Crippen molar-refractivity contribution in [1.82, 2.24) is 10.2 Å². The average molecular weight is 461 g/mol. The highest BCUT2D eigenvalue weighted by molar-refractivity contribution is 5.25.